The van der Waals surface area contributed by atoms with E-state index in [1.165, 1.54) is 30.3 Å². The van der Waals surface area contributed by atoms with E-state index < -0.39 is 35.1 Å². The summed E-state index contributed by atoms with van der Waals surface area (Å²) in [6.45, 7) is 2.08. The summed E-state index contributed by atoms with van der Waals surface area (Å²) in [6.07, 6.45) is -0.0797. The van der Waals surface area contributed by atoms with Crippen molar-refractivity contribution in [3.63, 3.8) is 0 Å². The van der Waals surface area contributed by atoms with E-state index in [-0.39, 0.29) is 29.1 Å². The number of alkyl halides is 3. The smallest absolute Gasteiger partial charge is 0.330 e. The lowest BCUT2D eigenvalue weighted by Gasteiger charge is -2.34. The standard InChI is InChI=1S/C25H29F3N4O2.BrH/c1-3-4-5-9-17(15-29)22(33)31-24(19-11-8-12-20(14-19)25(26,27)28)23(34)32(2)21-13-7-6-10-18(21)16-30-24;/h6-8,10-14,16-17H,3-5,9,15,29H2,1-2H3,(H,31,33);1H/t17-,24?;/m0./s1. The van der Waals surface area contributed by atoms with Crippen LogP contribution in [0.15, 0.2) is 53.5 Å². The molecule has 2 aromatic carbocycles. The molecule has 2 amide bonds. The van der Waals surface area contributed by atoms with E-state index in [9.17, 15) is 22.8 Å². The molecular weight excluding hydrogens is 525 g/mol. The van der Waals surface area contributed by atoms with Gasteiger partial charge in [-0.25, -0.2) is 0 Å². The zero-order valence-corrected chi connectivity index (χ0v) is 21.4. The van der Waals surface area contributed by atoms with Gasteiger partial charge in [-0.05, 0) is 24.6 Å². The molecule has 0 bridgehead atoms. The Bertz CT molecular complexity index is 1080. The molecule has 0 spiro atoms. The van der Waals surface area contributed by atoms with Gasteiger partial charge in [0.1, 0.15) is 0 Å². The Kier molecular flexibility index (Phi) is 9.62. The minimum atomic E-state index is -4.63. The molecule has 1 heterocycles. The molecule has 1 aliphatic rings. The van der Waals surface area contributed by atoms with Crippen LogP contribution in [0.3, 0.4) is 0 Å². The van der Waals surface area contributed by atoms with Crippen molar-refractivity contribution >= 4 is 40.7 Å². The Morgan fingerprint density at radius 1 is 1.17 bits per heavy atom. The number of anilines is 1. The molecule has 1 unspecified atom stereocenters. The number of nitrogens with zero attached hydrogens (tertiary/aromatic N) is 2. The fourth-order valence-corrected chi connectivity index (χ4v) is 4.03. The Labute approximate surface area is 213 Å². The molecule has 0 aromatic heterocycles. The van der Waals surface area contributed by atoms with Crippen molar-refractivity contribution in [2.45, 2.75) is 44.4 Å². The third-order valence-electron chi connectivity index (χ3n) is 6.03. The average molecular weight is 555 g/mol. The summed E-state index contributed by atoms with van der Waals surface area (Å²) >= 11 is 0. The number of nitrogens with one attached hydrogen (secondary N) is 1. The van der Waals surface area contributed by atoms with Crippen LogP contribution >= 0.6 is 17.0 Å². The predicted molar refractivity (Wildman–Crippen MR) is 136 cm³/mol. The summed E-state index contributed by atoms with van der Waals surface area (Å²) < 4.78 is 40.5. The van der Waals surface area contributed by atoms with Gasteiger partial charge in [-0.2, -0.15) is 13.2 Å². The molecule has 0 saturated heterocycles. The van der Waals surface area contributed by atoms with Crippen LogP contribution in [0, 0.1) is 5.92 Å². The fraction of sp³-hybridized carbons (Fsp3) is 0.400. The Hall–Kier alpha value is -2.72. The Morgan fingerprint density at radius 2 is 1.89 bits per heavy atom. The summed E-state index contributed by atoms with van der Waals surface area (Å²) in [6, 6.07) is 11.3. The second-order valence-electron chi connectivity index (χ2n) is 8.39. The van der Waals surface area contributed by atoms with Crippen LogP contribution in [0.1, 0.15) is 49.3 Å². The number of halogens is 4. The van der Waals surface area contributed by atoms with Gasteiger partial charge < -0.3 is 16.0 Å². The highest BCUT2D eigenvalue weighted by Gasteiger charge is 2.47. The molecule has 3 rings (SSSR count). The second kappa shape index (κ2) is 11.8. The SMILES string of the molecule is Br.CCCCC[C@@H](CN)C(=O)NC1(c2cccc(C(F)(F)F)c2)N=Cc2ccccc2N(C)C1=O. The maximum atomic E-state index is 13.8. The number of hydrogen-bond donors (Lipinski definition) is 2. The zero-order chi connectivity index (χ0) is 24.9. The van der Waals surface area contributed by atoms with Gasteiger partial charge in [0.15, 0.2) is 0 Å². The highest BCUT2D eigenvalue weighted by Crippen LogP contribution is 2.36. The monoisotopic (exact) mass is 554 g/mol. The fourth-order valence-electron chi connectivity index (χ4n) is 4.03. The van der Waals surface area contributed by atoms with Gasteiger partial charge >= 0.3 is 6.18 Å². The number of carbonyl (C=O) groups excluding carboxylic acids is 2. The van der Waals surface area contributed by atoms with E-state index in [1.54, 1.807) is 24.3 Å². The van der Waals surface area contributed by atoms with E-state index in [0.717, 1.165) is 31.4 Å². The number of para-hydroxylation sites is 1. The predicted octanol–water partition coefficient (Wildman–Crippen LogP) is 4.80. The van der Waals surface area contributed by atoms with Gasteiger partial charge in [-0.1, -0.05) is 56.5 Å². The molecule has 0 radical (unpaired) electrons. The van der Waals surface area contributed by atoms with Crippen LogP contribution < -0.4 is 16.0 Å². The van der Waals surface area contributed by atoms with Crippen LogP contribution in [0.5, 0.6) is 0 Å². The number of fused-ring (bicyclic) bond motifs is 1. The topological polar surface area (TPSA) is 87.8 Å². The summed E-state index contributed by atoms with van der Waals surface area (Å²) in [5.41, 5.74) is 3.86. The number of carbonyl (C=O) groups is 2. The molecule has 2 aromatic rings. The van der Waals surface area contributed by atoms with Gasteiger partial charge in [0.25, 0.3) is 5.91 Å². The number of benzene rings is 2. The maximum Gasteiger partial charge on any atom is 0.416 e. The molecule has 35 heavy (non-hydrogen) atoms. The number of likely N-dealkylation sites (N-methyl/N-ethyl adjacent to an activating group) is 1. The number of nitrogens with two attached hydrogens (primary N) is 1. The number of benzodiazepines with no additional fused rings is 1. The van der Waals surface area contributed by atoms with Crippen molar-refractivity contribution < 1.29 is 22.8 Å². The van der Waals surface area contributed by atoms with Crippen molar-refractivity contribution in [2.24, 2.45) is 16.6 Å². The van der Waals surface area contributed by atoms with Gasteiger partial charge in [-0.3, -0.25) is 14.6 Å². The number of hydrogen-bond acceptors (Lipinski definition) is 4. The molecule has 10 heteroatoms. The first kappa shape index (κ1) is 28.5. The van der Waals surface area contributed by atoms with Crippen LogP contribution in [0.4, 0.5) is 18.9 Å². The molecule has 3 N–H and O–H groups in total. The molecule has 0 fully saturated rings. The van der Waals surface area contributed by atoms with Gasteiger partial charge in [0.05, 0.1) is 17.2 Å². The molecule has 6 nitrogen and oxygen atoms in total. The van der Waals surface area contributed by atoms with Crippen molar-refractivity contribution in [3.8, 4) is 0 Å². The van der Waals surface area contributed by atoms with Gasteiger partial charge in [0.2, 0.25) is 11.6 Å². The van der Waals surface area contributed by atoms with Crippen molar-refractivity contribution in [1.29, 1.82) is 0 Å². The van der Waals surface area contributed by atoms with E-state index in [0.29, 0.717) is 17.7 Å². The largest absolute Gasteiger partial charge is 0.416 e. The van der Waals surface area contributed by atoms with E-state index >= 15 is 0 Å². The minimum absolute atomic E-state index is 0. The highest BCUT2D eigenvalue weighted by molar-refractivity contribution is 8.93. The van der Waals surface area contributed by atoms with Crippen molar-refractivity contribution in [3.05, 3.63) is 65.2 Å². The second-order valence-corrected chi connectivity index (χ2v) is 8.39. The maximum absolute atomic E-state index is 13.8. The third-order valence-corrected chi connectivity index (χ3v) is 6.03. The quantitative estimate of drug-likeness (QED) is 0.459. The highest BCUT2D eigenvalue weighted by atomic mass is 79.9. The van der Waals surface area contributed by atoms with Crippen LogP contribution in [-0.4, -0.2) is 31.6 Å². The normalized spacial score (nSPS) is 18.3. The first-order valence-corrected chi connectivity index (χ1v) is 11.3. The molecule has 1 aliphatic heterocycles. The van der Waals surface area contributed by atoms with Crippen molar-refractivity contribution in [1.82, 2.24) is 5.32 Å². The van der Waals surface area contributed by atoms with Gasteiger partial charge in [0, 0.05) is 30.9 Å². The number of amides is 2. The first-order valence-electron chi connectivity index (χ1n) is 11.3. The molecule has 0 saturated carbocycles. The van der Waals surface area contributed by atoms with Gasteiger partial charge in [-0.15, -0.1) is 17.0 Å². The van der Waals surface area contributed by atoms with Crippen LogP contribution in [0.2, 0.25) is 0 Å². The number of unbranched alkanes of at least 4 members (excludes halogenated alkanes) is 2. The summed E-state index contributed by atoms with van der Waals surface area (Å²) in [5, 5.41) is 2.68. The summed E-state index contributed by atoms with van der Waals surface area (Å²) in [7, 11) is 1.51. The van der Waals surface area contributed by atoms with Crippen molar-refractivity contribution in [2.75, 3.05) is 18.5 Å². The van der Waals surface area contributed by atoms with E-state index in [1.807, 2.05) is 6.92 Å². The van der Waals surface area contributed by atoms with E-state index in [4.69, 9.17) is 5.73 Å². The first-order chi connectivity index (χ1) is 16.1. The minimum Gasteiger partial charge on any atom is -0.330 e. The lowest BCUT2D eigenvalue weighted by molar-refractivity contribution is -0.138. The van der Waals surface area contributed by atoms with Crippen LogP contribution in [-0.2, 0) is 21.4 Å². The molecule has 190 valence electrons. The molecular formula is C25H30BrF3N4O2. The molecule has 0 aliphatic carbocycles. The summed E-state index contributed by atoms with van der Waals surface area (Å²) in [5.74, 6) is -1.81. The zero-order valence-electron chi connectivity index (χ0n) is 19.6. The number of rotatable bonds is 8. The third kappa shape index (κ3) is 6.10. The average Bonchev–Trinajstić information content (AvgIpc) is 2.92. The lowest BCUT2D eigenvalue weighted by Crippen LogP contribution is -2.57. The Morgan fingerprint density at radius 3 is 2.54 bits per heavy atom. The van der Waals surface area contributed by atoms with Crippen LogP contribution in [0.25, 0.3) is 0 Å². The lowest BCUT2D eigenvalue weighted by atomic mass is 9.93. The molecule has 2 atom stereocenters. The number of aliphatic imine (C=N–C) groups is 1. The summed E-state index contributed by atoms with van der Waals surface area (Å²) in [4.78, 5) is 32.8. The van der Waals surface area contributed by atoms with E-state index in [2.05, 4.69) is 10.3 Å². The Balaban J connectivity index is 0.00000432.